The van der Waals surface area contributed by atoms with Crippen LogP contribution in [0.2, 0.25) is 0 Å². The second-order valence-electron chi connectivity index (χ2n) is 10.2. The summed E-state index contributed by atoms with van der Waals surface area (Å²) in [7, 11) is -1.37. The van der Waals surface area contributed by atoms with E-state index in [1.807, 2.05) is 65.0 Å². The minimum absolute atomic E-state index is 0.0619. The number of nitrogens with zero attached hydrogens (tertiary/aromatic N) is 2. The van der Waals surface area contributed by atoms with Gasteiger partial charge in [0.05, 0.1) is 24.8 Å². The number of likely N-dealkylation sites (N-methyl/N-ethyl adjacent to an activating group) is 1. The molecule has 226 valence electrons. The lowest BCUT2D eigenvalue weighted by Crippen LogP contribution is -2.52. The van der Waals surface area contributed by atoms with Gasteiger partial charge in [-0.3, -0.25) is 13.9 Å². The van der Waals surface area contributed by atoms with Gasteiger partial charge in [-0.25, -0.2) is 8.42 Å². The minimum Gasteiger partial charge on any atom is -0.493 e. The highest BCUT2D eigenvalue weighted by molar-refractivity contribution is 7.92. The van der Waals surface area contributed by atoms with Crippen molar-refractivity contribution < 1.29 is 27.5 Å². The molecular formula is C32H41N3O6S. The molecule has 0 spiro atoms. The van der Waals surface area contributed by atoms with Crippen LogP contribution in [-0.2, 0) is 26.2 Å². The maximum Gasteiger partial charge on any atom is 0.264 e. The van der Waals surface area contributed by atoms with Crippen molar-refractivity contribution in [1.82, 2.24) is 10.2 Å². The fraction of sp³-hybridized carbons (Fsp3) is 0.375. The molecule has 0 aliphatic rings. The van der Waals surface area contributed by atoms with Gasteiger partial charge >= 0.3 is 0 Å². The van der Waals surface area contributed by atoms with Gasteiger partial charge in [0.1, 0.15) is 12.6 Å². The maximum absolute atomic E-state index is 14.2. The lowest BCUT2D eigenvalue weighted by atomic mass is 10.1. The lowest BCUT2D eigenvalue weighted by molar-refractivity contribution is -0.140. The van der Waals surface area contributed by atoms with Gasteiger partial charge in [-0.05, 0) is 75.1 Å². The molecule has 0 unspecified atom stereocenters. The number of hydrogen-bond acceptors (Lipinski definition) is 6. The quantitative estimate of drug-likeness (QED) is 0.305. The lowest BCUT2D eigenvalue weighted by Gasteiger charge is -2.33. The van der Waals surface area contributed by atoms with Crippen LogP contribution < -0.4 is 19.1 Å². The van der Waals surface area contributed by atoms with E-state index < -0.39 is 28.5 Å². The SMILES string of the molecule is CCNC(=O)[C@H](CC)N(Cc1cccc(C)c1)C(=O)CN(c1cc(C)cc(C)c1)S(=O)(=O)c1ccc(OC)c(OC)c1. The first kappa shape index (κ1) is 32.5. The van der Waals surface area contributed by atoms with Crippen molar-refractivity contribution in [2.24, 2.45) is 0 Å². The molecule has 3 rings (SSSR count). The van der Waals surface area contributed by atoms with Gasteiger partial charge < -0.3 is 19.7 Å². The second kappa shape index (κ2) is 14.2. The van der Waals surface area contributed by atoms with E-state index in [2.05, 4.69) is 5.32 Å². The smallest absolute Gasteiger partial charge is 0.264 e. The standard InChI is InChI=1S/C32H41N3O6S/c1-8-28(32(37)33-9-2)34(20-25-12-10-11-22(3)16-25)31(36)21-35(26-17-23(4)15-24(5)18-26)42(38,39)27-13-14-29(40-6)30(19-27)41-7/h10-19,28H,8-9,20-21H2,1-7H3,(H,33,37)/t28-/m0/s1. The van der Waals surface area contributed by atoms with Crippen LogP contribution in [0.15, 0.2) is 65.6 Å². The van der Waals surface area contributed by atoms with Gasteiger partial charge in [-0.2, -0.15) is 0 Å². The Bertz CT molecular complexity index is 1500. The van der Waals surface area contributed by atoms with E-state index in [1.165, 1.54) is 37.3 Å². The Hall–Kier alpha value is -4.05. The third-order valence-electron chi connectivity index (χ3n) is 6.89. The normalized spacial score (nSPS) is 11.9. The predicted octanol–water partition coefficient (Wildman–Crippen LogP) is 4.77. The molecule has 0 fully saturated rings. The monoisotopic (exact) mass is 595 g/mol. The molecule has 0 aromatic heterocycles. The number of methoxy groups -OCH3 is 2. The van der Waals surface area contributed by atoms with E-state index in [9.17, 15) is 18.0 Å². The van der Waals surface area contributed by atoms with Crippen molar-refractivity contribution in [3.8, 4) is 11.5 Å². The molecule has 9 nitrogen and oxygen atoms in total. The number of hydrogen-bond donors (Lipinski definition) is 1. The number of nitrogens with one attached hydrogen (secondary N) is 1. The molecule has 1 atom stereocenters. The van der Waals surface area contributed by atoms with Gasteiger partial charge in [-0.1, -0.05) is 42.8 Å². The fourth-order valence-corrected chi connectivity index (χ4v) is 6.36. The predicted molar refractivity (Wildman–Crippen MR) is 164 cm³/mol. The second-order valence-corrected chi connectivity index (χ2v) is 12.1. The molecule has 0 aliphatic carbocycles. The van der Waals surface area contributed by atoms with Crippen LogP contribution in [0.25, 0.3) is 0 Å². The molecule has 0 aliphatic heterocycles. The van der Waals surface area contributed by atoms with Gasteiger partial charge in [0.15, 0.2) is 11.5 Å². The first-order chi connectivity index (χ1) is 19.9. The van der Waals surface area contributed by atoms with Crippen LogP contribution in [0.1, 0.15) is 42.5 Å². The van der Waals surface area contributed by atoms with Gasteiger partial charge in [0, 0.05) is 19.2 Å². The largest absolute Gasteiger partial charge is 0.493 e. The molecule has 3 aromatic rings. The maximum atomic E-state index is 14.2. The van der Waals surface area contributed by atoms with E-state index in [0.29, 0.717) is 24.4 Å². The summed E-state index contributed by atoms with van der Waals surface area (Å²) in [6.07, 6.45) is 0.357. The molecule has 2 amide bonds. The number of ether oxygens (including phenoxy) is 2. The molecule has 0 bridgehead atoms. The molecule has 0 radical (unpaired) electrons. The van der Waals surface area contributed by atoms with Crippen LogP contribution in [0.5, 0.6) is 11.5 Å². The summed E-state index contributed by atoms with van der Waals surface area (Å²) < 4.78 is 40.2. The summed E-state index contributed by atoms with van der Waals surface area (Å²) in [5.41, 5.74) is 3.88. The topological polar surface area (TPSA) is 105 Å². The summed E-state index contributed by atoms with van der Waals surface area (Å²) in [5.74, 6) is -0.171. The average Bonchev–Trinajstić information content (AvgIpc) is 2.94. The average molecular weight is 596 g/mol. The zero-order chi connectivity index (χ0) is 31.0. The molecule has 1 N–H and O–H groups in total. The fourth-order valence-electron chi connectivity index (χ4n) is 4.95. The highest BCUT2D eigenvalue weighted by atomic mass is 32.2. The molecular weight excluding hydrogens is 554 g/mol. The van der Waals surface area contributed by atoms with Crippen molar-refractivity contribution in [1.29, 1.82) is 0 Å². The Kier molecular flexibility index (Phi) is 11.0. The van der Waals surface area contributed by atoms with Gasteiger partial charge in [0.2, 0.25) is 11.8 Å². The number of rotatable bonds is 13. The summed E-state index contributed by atoms with van der Waals surface area (Å²) in [6, 6.07) is 16.6. The number of amides is 2. The van der Waals surface area contributed by atoms with Crippen molar-refractivity contribution in [2.45, 2.75) is 58.5 Å². The van der Waals surface area contributed by atoms with E-state index in [-0.39, 0.29) is 23.1 Å². The van der Waals surface area contributed by atoms with Crippen LogP contribution in [-0.4, -0.2) is 58.5 Å². The zero-order valence-electron chi connectivity index (χ0n) is 25.4. The van der Waals surface area contributed by atoms with Gasteiger partial charge in [0.25, 0.3) is 10.0 Å². The summed E-state index contributed by atoms with van der Waals surface area (Å²) in [5, 5.41) is 2.82. The van der Waals surface area contributed by atoms with Crippen LogP contribution >= 0.6 is 0 Å². The summed E-state index contributed by atoms with van der Waals surface area (Å²) in [4.78, 5) is 28.7. The molecule has 0 heterocycles. The number of benzene rings is 3. The highest BCUT2D eigenvalue weighted by Gasteiger charge is 2.34. The molecule has 0 saturated carbocycles. The first-order valence-electron chi connectivity index (χ1n) is 13.9. The Labute approximate surface area is 249 Å². The van der Waals surface area contributed by atoms with E-state index in [0.717, 1.165) is 26.6 Å². The number of anilines is 1. The molecule has 42 heavy (non-hydrogen) atoms. The number of aryl methyl sites for hydroxylation is 3. The van der Waals surface area contributed by atoms with E-state index >= 15 is 0 Å². The number of carbonyl (C=O) groups is 2. The Morgan fingerprint density at radius 3 is 2.10 bits per heavy atom. The van der Waals surface area contributed by atoms with E-state index in [4.69, 9.17) is 9.47 Å². The van der Waals surface area contributed by atoms with Crippen molar-refractivity contribution >= 4 is 27.5 Å². The number of sulfonamides is 1. The molecule has 10 heteroatoms. The molecule has 3 aromatic carbocycles. The van der Waals surface area contributed by atoms with Crippen LogP contribution in [0.4, 0.5) is 5.69 Å². The summed E-state index contributed by atoms with van der Waals surface area (Å²) >= 11 is 0. The van der Waals surface area contributed by atoms with Crippen LogP contribution in [0.3, 0.4) is 0 Å². The molecule has 0 saturated heterocycles. The third kappa shape index (κ3) is 7.61. The summed E-state index contributed by atoms with van der Waals surface area (Å²) in [6.45, 7) is 9.37. The zero-order valence-corrected chi connectivity index (χ0v) is 26.2. The highest BCUT2D eigenvalue weighted by Crippen LogP contribution is 2.33. The first-order valence-corrected chi connectivity index (χ1v) is 15.3. The number of carbonyl (C=O) groups excluding carboxylic acids is 2. The third-order valence-corrected chi connectivity index (χ3v) is 8.66. The van der Waals surface area contributed by atoms with Crippen LogP contribution in [0, 0.1) is 20.8 Å². The Morgan fingerprint density at radius 1 is 0.857 bits per heavy atom. The minimum atomic E-state index is -4.27. The Balaban J connectivity index is 2.14. The van der Waals surface area contributed by atoms with Crippen molar-refractivity contribution in [3.63, 3.8) is 0 Å². The van der Waals surface area contributed by atoms with Gasteiger partial charge in [-0.15, -0.1) is 0 Å². The van der Waals surface area contributed by atoms with Crippen molar-refractivity contribution in [2.75, 3.05) is 31.6 Å². The van der Waals surface area contributed by atoms with Crippen molar-refractivity contribution in [3.05, 3.63) is 82.9 Å². The Morgan fingerprint density at radius 2 is 1.52 bits per heavy atom. The van der Waals surface area contributed by atoms with E-state index in [1.54, 1.807) is 12.1 Å².